The summed E-state index contributed by atoms with van der Waals surface area (Å²) in [5.41, 5.74) is 6.49. The predicted molar refractivity (Wildman–Crippen MR) is 83.1 cm³/mol. The van der Waals surface area contributed by atoms with Crippen molar-refractivity contribution in [3.05, 3.63) is 35.9 Å². The topological polar surface area (TPSA) is 91.0 Å². The second-order valence-corrected chi connectivity index (χ2v) is 4.72. The van der Waals surface area contributed by atoms with Gasteiger partial charge in [0.2, 0.25) is 5.91 Å². The molecule has 0 aliphatic heterocycles. The molecule has 0 heterocycles. The van der Waals surface area contributed by atoms with Crippen molar-refractivity contribution in [2.24, 2.45) is 10.9 Å². The molecule has 0 saturated carbocycles. The van der Waals surface area contributed by atoms with Crippen LogP contribution in [-0.4, -0.2) is 41.5 Å². The lowest BCUT2D eigenvalue weighted by Gasteiger charge is -2.30. The van der Waals surface area contributed by atoms with Crippen LogP contribution in [0.3, 0.4) is 0 Å². The van der Waals surface area contributed by atoms with Crippen LogP contribution in [0.15, 0.2) is 35.5 Å². The quantitative estimate of drug-likeness (QED) is 0.292. The van der Waals surface area contributed by atoms with Crippen LogP contribution in [0.5, 0.6) is 0 Å². The summed E-state index contributed by atoms with van der Waals surface area (Å²) < 4.78 is 0. The van der Waals surface area contributed by atoms with Crippen LogP contribution in [0.4, 0.5) is 0 Å². The molecule has 0 bridgehead atoms. The van der Waals surface area contributed by atoms with E-state index in [4.69, 9.17) is 10.9 Å². The fourth-order valence-corrected chi connectivity index (χ4v) is 2.27. The van der Waals surface area contributed by atoms with Crippen molar-refractivity contribution in [2.75, 3.05) is 19.6 Å². The fraction of sp³-hybridized carbons (Fsp3) is 0.467. The van der Waals surface area contributed by atoms with Crippen molar-refractivity contribution >= 4 is 11.7 Å². The predicted octanol–water partition coefficient (Wildman–Crippen LogP) is 1.32. The van der Waals surface area contributed by atoms with E-state index < -0.39 is 0 Å². The molecule has 0 aliphatic carbocycles. The molecule has 0 saturated heterocycles. The van der Waals surface area contributed by atoms with Gasteiger partial charge in [-0.1, -0.05) is 49.3 Å². The fourth-order valence-electron chi connectivity index (χ4n) is 2.27. The number of nitrogens with one attached hydrogen (secondary N) is 1. The van der Waals surface area contributed by atoms with Crippen LogP contribution < -0.4 is 11.1 Å². The summed E-state index contributed by atoms with van der Waals surface area (Å²) in [7, 11) is 0. The van der Waals surface area contributed by atoms with Crippen molar-refractivity contribution < 1.29 is 10.0 Å². The number of nitrogens with zero attached hydrogens (tertiary/aromatic N) is 2. The summed E-state index contributed by atoms with van der Waals surface area (Å²) in [4.78, 5) is 14.0. The van der Waals surface area contributed by atoms with Crippen LogP contribution in [0.25, 0.3) is 0 Å². The molecular weight excluding hydrogens is 268 g/mol. The summed E-state index contributed by atoms with van der Waals surface area (Å²) in [5.74, 6) is -0.343. The molecule has 21 heavy (non-hydrogen) atoms. The van der Waals surface area contributed by atoms with Crippen LogP contribution in [0, 0.1) is 0 Å². The number of hydrogen-bond acceptors (Lipinski definition) is 4. The number of amidine groups is 1. The van der Waals surface area contributed by atoms with E-state index in [9.17, 15) is 4.79 Å². The molecule has 0 aliphatic rings. The largest absolute Gasteiger partial charge is 0.409 e. The first kappa shape index (κ1) is 17.0. The third kappa shape index (κ3) is 5.43. The highest BCUT2D eigenvalue weighted by molar-refractivity contribution is 5.98. The highest BCUT2D eigenvalue weighted by atomic mass is 16.4. The molecule has 0 radical (unpaired) electrons. The first-order chi connectivity index (χ1) is 10.1. The Kier molecular flexibility index (Phi) is 7.25. The number of likely N-dealkylation sites (N-methyl/N-ethyl adjacent to an activating group) is 1. The zero-order chi connectivity index (χ0) is 15.7. The number of nitrogens with two attached hydrogens (primary N) is 1. The molecule has 1 unspecified atom stereocenters. The zero-order valence-electron chi connectivity index (χ0n) is 12.6. The van der Waals surface area contributed by atoms with Crippen LogP contribution in [0.1, 0.15) is 31.9 Å². The third-order valence-electron chi connectivity index (χ3n) is 3.40. The number of amides is 1. The van der Waals surface area contributed by atoms with Gasteiger partial charge >= 0.3 is 0 Å². The lowest BCUT2D eigenvalue weighted by Crippen LogP contribution is -2.39. The molecule has 1 amide bonds. The molecule has 1 aromatic carbocycles. The minimum atomic E-state index is -0.251. The van der Waals surface area contributed by atoms with E-state index in [1.54, 1.807) is 0 Å². The second kappa shape index (κ2) is 8.97. The molecule has 1 aromatic rings. The molecule has 0 spiro atoms. The Hall–Kier alpha value is -2.08. The third-order valence-corrected chi connectivity index (χ3v) is 3.40. The van der Waals surface area contributed by atoms with Gasteiger partial charge in [-0.15, -0.1) is 0 Å². The number of benzene rings is 1. The molecule has 6 heteroatoms. The van der Waals surface area contributed by atoms with Gasteiger partial charge in [0.05, 0.1) is 12.5 Å². The standard InChI is InChI=1S/C15H24N4O2/c1-3-19(4-2)13(12-8-6-5-7-9-12)11-17-15(20)10-14(16)18-21/h5-9,13,21H,3-4,10-11H2,1-2H3,(H2,16,18)(H,17,20). The molecule has 0 aromatic heterocycles. The average Bonchev–Trinajstić information content (AvgIpc) is 2.52. The summed E-state index contributed by atoms with van der Waals surface area (Å²) >= 11 is 0. The first-order valence-electron chi connectivity index (χ1n) is 7.14. The number of oxime groups is 1. The van der Waals surface area contributed by atoms with Crippen LogP contribution in [0.2, 0.25) is 0 Å². The maximum Gasteiger partial charge on any atom is 0.227 e. The lowest BCUT2D eigenvalue weighted by atomic mass is 10.1. The Balaban J connectivity index is 2.73. The van der Waals surface area contributed by atoms with Crippen molar-refractivity contribution in [3.8, 4) is 0 Å². The Labute approximate surface area is 125 Å². The Bertz CT molecular complexity index is 458. The van der Waals surface area contributed by atoms with Gasteiger partial charge in [-0.3, -0.25) is 9.69 Å². The number of carbonyl (C=O) groups is 1. The van der Waals surface area contributed by atoms with E-state index in [1.807, 2.05) is 18.2 Å². The molecule has 0 fully saturated rings. The van der Waals surface area contributed by atoms with E-state index in [-0.39, 0.29) is 24.2 Å². The number of carbonyl (C=O) groups excluding carboxylic acids is 1. The van der Waals surface area contributed by atoms with E-state index in [0.717, 1.165) is 18.7 Å². The van der Waals surface area contributed by atoms with Gasteiger partial charge in [0, 0.05) is 6.54 Å². The number of rotatable bonds is 8. The van der Waals surface area contributed by atoms with Gasteiger partial charge in [-0.05, 0) is 18.7 Å². The zero-order valence-corrected chi connectivity index (χ0v) is 12.6. The molecule has 1 rings (SSSR count). The second-order valence-electron chi connectivity index (χ2n) is 4.72. The van der Waals surface area contributed by atoms with E-state index >= 15 is 0 Å². The van der Waals surface area contributed by atoms with Crippen LogP contribution >= 0.6 is 0 Å². The number of hydrogen-bond donors (Lipinski definition) is 3. The summed E-state index contributed by atoms with van der Waals surface area (Å²) in [5, 5.41) is 14.1. The molecule has 1 atom stereocenters. The van der Waals surface area contributed by atoms with Gasteiger partial charge in [0.1, 0.15) is 5.84 Å². The Morgan fingerprint density at radius 3 is 2.48 bits per heavy atom. The Morgan fingerprint density at radius 2 is 1.95 bits per heavy atom. The lowest BCUT2D eigenvalue weighted by molar-refractivity contribution is -0.120. The van der Waals surface area contributed by atoms with Gasteiger partial charge < -0.3 is 16.3 Å². The average molecular weight is 292 g/mol. The molecule has 4 N–H and O–H groups in total. The SMILES string of the molecule is CCN(CC)C(CNC(=O)C/C(N)=N/O)c1ccccc1. The highest BCUT2D eigenvalue weighted by Crippen LogP contribution is 2.19. The minimum Gasteiger partial charge on any atom is -0.409 e. The monoisotopic (exact) mass is 292 g/mol. The van der Waals surface area contributed by atoms with Crippen molar-refractivity contribution in [3.63, 3.8) is 0 Å². The van der Waals surface area contributed by atoms with Gasteiger partial charge in [-0.25, -0.2) is 0 Å². The Morgan fingerprint density at radius 1 is 1.33 bits per heavy atom. The van der Waals surface area contributed by atoms with Crippen molar-refractivity contribution in [1.29, 1.82) is 0 Å². The molecule has 116 valence electrons. The maximum absolute atomic E-state index is 11.7. The summed E-state index contributed by atoms with van der Waals surface area (Å²) in [6, 6.07) is 10.2. The molecular formula is C15H24N4O2. The van der Waals surface area contributed by atoms with E-state index in [2.05, 4.69) is 41.4 Å². The van der Waals surface area contributed by atoms with Crippen molar-refractivity contribution in [1.82, 2.24) is 10.2 Å². The van der Waals surface area contributed by atoms with E-state index in [1.165, 1.54) is 0 Å². The van der Waals surface area contributed by atoms with Gasteiger partial charge in [0.25, 0.3) is 0 Å². The van der Waals surface area contributed by atoms with E-state index in [0.29, 0.717) is 6.54 Å². The maximum atomic E-state index is 11.7. The van der Waals surface area contributed by atoms with Gasteiger partial charge in [-0.2, -0.15) is 0 Å². The summed E-state index contributed by atoms with van der Waals surface area (Å²) in [6.07, 6.45) is -0.101. The smallest absolute Gasteiger partial charge is 0.227 e. The van der Waals surface area contributed by atoms with Crippen LogP contribution in [-0.2, 0) is 4.79 Å². The van der Waals surface area contributed by atoms with Crippen molar-refractivity contribution in [2.45, 2.75) is 26.3 Å². The normalized spacial score (nSPS) is 13.2. The van der Waals surface area contributed by atoms with Gasteiger partial charge in [0.15, 0.2) is 0 Å². The minimum absolute atomic E-state index is 0.0911. The highest BCUT2D eigenvalue weighted by Gasteiger charge is 2.18. The molecule has 6 nitrogen and oxygen atoms in total. The first-order valence-corrected chi connectivity index (χ1v) is 7.14. The summed E-state index contributed by atoms with van der Waals surface area (Å²) in [6.45, 7) is 6.47.